The monoisotopic (exact) mass is 821 g/mol. The number of hydrogen-bond donors (Lipinski definition) is 1. The zero-order valence-electron chi connectivity index (χ0n) is 38.4. The second-order valence-corrected chi connectivity index (χ2v) is 17.5. The summed E-state index contributed by atoms with van der Waals surface area (Å²) in [6.07, 6.45) is 2.59. The van der Waals surface area contributed by atoms with Crippen molar-refractivity contribution in [2.45, 2.75) is 139 Å². The zero-order chi connectivity index (χ0) is 44.5. The van der Waals surface area contributed by atoms with Crippen molar-refractivity contribution in [2.24, 2.45) is 11.8 Å². The molecule has 0 fully saturated rings. The van der Waals surface area contributed by atoms with E-state index < -0.39 is 0 Å². The van der Waals surface area contributed by atoms with Crippen LogP contribution in [0.15, 0.2) is 97.1 Å². The van der Waals surface area contributed by atoms with Gasteiger partial charge in [0.05, 0.1) is 18.4 Å². The fourth-order valence-corrected chi connectivity index (χ4v) is 7.68. The molecule has 326 valence electrons. The minimum absolute atomic E-state index is 0.0149. The van der Waals surface area contributed by atoms with E-state index in [0.29, 0.717) is 41.2 Å². The number of aldehydes is 1. The molecule has 60 heavy (non-hydrogen) atoms. The highest BCUT2D eigenvalue weighted by Crippen LogP contribution is 2.38. The molecule has 0 bridgehead atoms. The van der Waals surface area contributed by atoms with Crippen LogP contribution < -0.4 is 9.47 Å². The Bertz CT molecular complexity index is 1890. The molecular formula is C52H72N2O6. The van der Waals surface area contributed by atoms with Gasteiger partial charge in [-0.1, -0.05) is 94.4 Å². The smallest absolute Gasteiger partial charge is 0.313 e. The van der Waals surface area contributed by atoms with Crippen LogP contribution in [0, 0.1) is 11.8 Å². The highest BCUT2D eigenvalue weighted by atomic mass is 16.5. The van der Waals surface area contributed by atoms with E-state index in [2.05, 4.69) is 89.5 Å². The second-order valence-electron chi connectivity index (χ2n) is 17.5. The summed E-state index contributed by atoms with van der Waals surface area (Å²) in [7, 11) is 0. The van der Waals surface area contributed by atoms with Gasteiger partial charge in [-0.3, -0.25) is 24.2 Å². The molecule has 0 aliphatic rings. The summed E-state index contributed by atoms with van der Waals surface area (Å²) in [4.78, 5) is 41.1. The quantitative estimate of drug-likeness (QED) is 0.0535. The zero-order valence-corrected chi connectivity index (χ0v) is 38.4. The van der Waals surface area contributed by atoms with Crippen LogP contribution in [0.3, 0.4) is 0 Å². The van der Waals surface area contributed by atoms with Gasteiger partial charge in [0.1, 0.15) is 17.8 Å². The average Bonchev–Trinajstić information content (AvgIpc) is 3.21. The minimum atomic E-state index is -0.270. The van der Waals surface area contributed by atoms with E-state index in [1.807, 2.05) is 88.4 Å². The van der Waals surface area contributed by atoms with Crippen molar-refractivity contribution < 1.29 is 29.0 Å². The maximum Gasteiger partial charge on any atom is 0.313 e. The molecule has 0 amide bonds. The summed E-state index contributed by atoms with van der Waals surface area (Å²) in [5.74, 6) is 0.251. The SMILES string of the molecule is CC(C)C(=O)Oc1ccc(C=O)cc1C(CCN(C(C)C)C(C)C)c1ccccc1.CC(C)C(=O)Oc1ccc(CO)cc1C(CCN(C(C)C)C(C)C)c1ccccc1. The third kappa shape index (κ3) is 14.8. The number of carbonyl (C=O) groups excluding carboxylic acids is 3. The van der Waals surface area contributed by atoms with Crippen molar-refractivity contribution in [1.29, 1.82) is 0 Å². The van der Waals surface area contributed by atoms with E-state index in [1.54, 1.807) is 12.1 Å². The van der Waals surface area contributed by atoms with Gasteiger partial charge in [-0.05, 0) is 128 Å². The normalized spacial score (nSPS) is 12.7. The standard InChI is InChI=1S/C26H37NO3.C26H35NO3/c2*1-18(2)26(29)30-25-13-12-21(17-28)16-24(25)23(22-10-8-7-9-11-22)14-15-27(19(3)4)20(5)6/h7-13,16,18-20,23,28H,14-15,17H2,1-6H3;7-13,16-20,23H,14-15H2,1-6H3. The molecule has 0 heterocycles. The van der Waals surface area contributed by atoms with E-state index in [9.17, 15) is 19.5 Å². The molecule has 2 atom stereocenters. The summed E-state index contributed by atoms with van der Waals surface area (Å²) in [5.41, 5.74) is 5.57. The summed E-state index contributed by atoms with van der Waals surface area (Å²) in [6, 6.07) is 33.3. The van der Waals surface area contributed by atoms with Crippen LogP contribution in [0.25, 0.3) is 0 Å². The number of aliphatic hydroxyl groups excluding tert-OH is 1. The molecule has 0 aliphatic heterocycles. The Morgan fingerprint density at radius 1 is 0.550 bits per heavy atom. The van der Waals surface area contributed by atoms with Crippen LogP contribution in [0.2, 0.25) is 0 Å². The third-order valence-electron chi connectivity index (χ3n) is 11.0. The lowest BCUT2D eigenvalue weighted by Gasteiger charge is -2.32. The Hall–Kier alpha value is -4.63. The van der Waals surface area contributed by atoms with Gasteiger partial charge in [0.15, 0.2) is 0 Å². The summed E-state index contributed by atoms with van der Waals surface area (Å²) >= 11 is 0. The maximum atomic E-state index is 12.3. The van der Waals surface area contributed by atoms with Crippen molar-refractivity contribution in [2.75, 3.05) is 13.1 Å². The molecule has 0 aliphatic carbocycles. The molecule has 0 spiro atoms. The Morgan fingerprint density at radius 2 is 0.933 bits per heavy atom. The highest BCUT2D eigenvalue weighted by molar-refractivity contribution is 5.78. The van der Waals surface area contributed by atoms with Crippen LogP contribution in [-0.2, 0) is 16.2 Å². The molecule has 0 saturated carbocycles. The Morgan fingerprint density at radius 3 is 1.28 bits per heavy atom. The van der Waals surface area contributed by atoms with E-state index >= 15 is 0 Å². The van der Waals surface area contributed by atoms with Gasteiger partial charge in [-0.15, -0.1) is 0 Å². The van der Waals surface area contributed by atoms with E-state index in [-0.39, 0.29) is 42.2 Å². The number of nitrogens with zero attached hydrogens (tertiary/aromatic N) is 2. The summed E-state index contributed by atoms with van der Waals surface area (Å²) < 4.78 is 11.5. The fourth-order valence-electron chi connectivity index (χ4n) is 7.68. The molecule has 4 aromatic rings. The second kappa shape index (κ2) is 24.6. The Labute approximate surface area is 361 Å². The Balaban J connectivity index is 0.000000320. The molecular weight excluding hydrogens is 749 g/mol. The van der Waals surface area contributed by atoms with Crippen molar-refractivity contribution in [3.63, 3.8) is 0 Å². The summed E-state index contributed by atoms with van der Waals surface area (Å²) in [6.45, 7) is 26.8. The first-order valence-corrected chi connectivity index (χ1v) is 21.9. The van der Waals surface area contributed by atoms with Gasteiger partial charge >= 0.3 is 11.9 Å². The van der Waals surface area contributed by atoms with Crippen LogP contribution >= 0.6 is 0 Å². The van der Waals surface area contributed by atoms with Crippen LogP contribution in [0.5, 0.6) is 11.5 Å². The van der Waals surface area contributed by atoms with Crippen LogP contribution in [0.4, 0.5) is 0 Å². The molecule has 4 rings (SSSR count). The molecule has 8 heteroatoms. The Kier molecular flexibility index (Phi) is 20.4. The predicted molar refractivity (Wildman–Crippen MR) is 245 cm³/mol. The first-order valence-electron chi connectivity index (χ1n) is 21.9. The molecule has 0 radical (unpaired) electrons. The number of aliphatic hydroxyl groups is 1. The lowest BCUT2D eigenvalue weighted by molar-refractivity contribution is -0.138. The maximum absolute atomic E-state index is 12.3. The lowest BCUT2D eigenvalue weighted by Crippen LogP contribution is -2.38. The molecule has 4 aromatic carbocycles. The van der Waals surface area contributed by atoms with E-state index in [4.69, 9.17) is 9.47 Å². The first-order chi connectivity index (χ1) is 28.5. The largest absolute Gasteiger partial charge is 0.426 e. The number of benzene rings is 4. The van der Waals surface area contributed by atoms with Crippen molar-refractivity contribution >= 4 is 18.2 Å². The molecule has 0 aromatic heterocycles. The molecule has 8 nitrogen and oxygen atoms in total. The van der Waals surface area contributed by atoms with Gasteiger partial charge in [0, 0.05) is 52.7 Å². The van der Waals surface area contributed by atoms with Crippen molar-refractivity contribution in [3.05, 3.63) is 130 Å². The number of esters is 2. The first kappa shape index (κ1) is 49.7. The fraction of sp³-hybridized carbons (Fsp3) is 0.481. The predicted octanol–water partition coefficient (Wildman–Crippen LogP) is 11.1. The van der Waals surface area contributed by atoms with Crippen molar-refractivity contribution in [1.82, 2.24) is 9.80 Å². The number of rotatable bonds is 20. The van der Waals surface area contributed by atoms with Gasteiger partial charge in [0.2, 0.25) is 0 Å². The highest BCUT2D eigenvalue weighted by Gasteiger charge is 2.26. The molecule has 0 saturated heterocycles. The number of carbonyl (C=O) groups is 3. The molecule has 2 unspecified atom stereocenters. The van der Waals surface area contributed by atoms with Crippen molar-refractivity contribution in [3.8, 4) is 11.5 Å². The average molecular weight is 821 g/mol. The number of ether oxygens (including phenoxy) is 2. The van der Waals surface area contributed by atoms with Gasteiger partial charge in [-0.2, -0.15) is 0 Å². The minimum Gasteiger partial charge on any atom is -0.426 e. The lowest BCUT2D eigenvalue weighted by atomic mass is 9.86. The van der Waals surface area contributed by atoms with Crippen LogP contribution in [-0.4, -0.2) is 70.4 Å². The van der Waals surface area contributed by atoms with Gasteiger partial charge in [0.25, 0.3) is 0 Å². The van der Waals surface area contributed by atoms with E-state index in [0.717, 1.165) is 54.5 Å². The van der Waals surface area contributed by atoms with Crippen LogP contribution in [0.1, 0.15) is 146 Å². The van der Waals surface area contributed by atoms with Gasteiger partial charge < -0.3 is 14.6 Å². The van der Waals surface area contributed by atoms with E-state index in [1.165, 1.54) is 5.56 Å². The topological polar surface area (TPSA) is 96.4 Å². The summed E-state index contributed by atoms with van der Waals surface area (Å²) in [5, 5.41) is 9.72. The third-order valence-corrected chi connectivity index (χ3v) is 11.0. The molecule has 1 N–H and O–H groups in total. The number of hydrogen-bond acceptors (Lipinski definition) is 8. The van der Waals surface area contributed by atoms with Gasteiger partial charge in [-0.25, -0.2) is 0 Å².